The molecule has 12 nitrogen and oxygen atoms in total. The van der Waals surface area contributed by atoms with E-state index in [-0.39, 0.29) is 24.4 Å². The number of aromatic nitrogens is 4. The number of aliphatic carboxylic acids is 1. The van der Waals surface area contributed by atoms with Crippen molar-refractivity contribution in [1.82, 2.24) is 30.0 Å². The maximum atomic E-state index is 11.3. The Balaban J connectivity index is 0.891. The summed E-state index contributed by atoms with van der Waals surface area (Å²) in [6, 6.07) is 11.1. The lowest BCUT2D eigenvalue weighted by atomic mass is 9.82. The van der Waals surface area contributed by atoms with Gasteiger partial charge in [-0.15, -0.1) is 10.2 Å². The number of phenolic OH excluding ortho intramolecular Hbond substituents is 1. The number of aromatic hydroxyl groups is 1. The molecule has 1 aromatic carbocycles. The van der Waals surface area contributed by atoms with Crippen LogP contribution in [-0.4, -0.2) is 109 Å². The zero-order valence-corrected chi connectivity index (χ0v) is 26.2. The van der Waals surface area contributed by atoms with Crippen LogP contribution in [0.3, 0.4) is 0 Å². The Morgan fingerprint density at radius 1 is 0.826 bits per heavy atom. The van der Waals surface area contributed by atoms with Gasteiger partial charge in [0, 0.05) is 74.3 Å². The average Bonchev–Trinajstić information content (AvgIpc) is 3.45. The lowest BCUT2D eigenvalue weighted by molar-refractivity contribution is -0.140. The van der Waals surface area contributed by atoms with Gasteiger partial charge in [-0.3, -0.25) is 14.6 Å². The fourth-order valence-electron chi connectivity index (χ4n) is 9.08. The van der Waals surface area contributed by atoms with Gasteiger partial charge in [-0.05, 0) is 81.0 Å². The van der Waals surface area contributed by atoms with Crippen LogP contribution in [0.4, 0.5) is 17.5 Å². The van der Waals surface area contributed by atoms with E-state index >= 15 is 0 Å². The summed E-state index contributed by atoms with van der Waals surface area (Å²) in [6.45, 7) is 3.80. The molecule has 3 aromatic rings. The van der Waals surface area contributed by atoms with E-state index in [9.17, 15) is 15.0 Å². The largest absolute Gasteiger partial charge is 0.507 e. The van der Waals surface area contributed by atoms with Crippen molar-refractivity contribution in [2.24, 2.45) is 0 Å². The Labute approximate surface area is 269 Å². The third-order valence-electron chi connectivity index (χ3n) is 11.4. The Kier molecular flexibility index (Phi) is 7.64. The summed E-state index contributed by atoms with van der Waals surface area (Å²) in [7, 11) is 0. The zero-order chi connectivity index (χ0) is 31.4. The minimum absolute atomic E-state index is 0.172. The van der Waals surface area contributed by atoms with Gasteiger partial charge in [0.15, 0.2) is 5.82 Å². The van der Waals surface area contributed by atoms with E-state index in [1.54, 1.807) is 12.1 Å². The quantitative estimate of drug-likeness (QED) is 0.354. The second-order valence-electron chi connectivity index (χ2n) is 13.9. The normalized spacial score (nSPS) is 29.7. The summed E-state index contributed by atoms with van der Waals surface area (Å²) in [4.78, 5) is 30.8. The summed E-state index contributed by atoms with van der Waals surface area (Å²) in [5.41, 5.74) is 9.67. The van der Waals surface area contributed by atoms with Gasteiger partial charge in [0.1, 0.15) is 5.75 Å². The molecule has 4 bridgehead atoms. The van der Waals surface area contributed by atoms with Crippen LogP contribution in [0, 0.1) is 0 Å². The summed E-state index contributed by atoms with van der Waals surface area (Å²) in [5, 5.41) is 28.2. The molecule has 0 amide bonds. The van der Waals surface area contributed by atoms with Gasteiger partial charge in [0.05, 0.1) is 17.9 Å². The summed E-state index contributed by atoms with van der Waals surface area (Å²) in [6.07, 6.45) is 13.2. The average molecular weight is 626 g/mol. The molecule has 4 aliphatic heterocycles. The number of carbonyl (C=O) groups is 1. The van der Waals surface area contributed by atoms with Crippen molar-refractivity contribution in [2.45, 2.75) is 87.5 Å². The van der Waals surface area contributed by atoms with Gasteiger partial charge < -0.3 is 25.7 Å². The second-order valence-corrected chi connectivity index (χ2v) is 13.9. The first-order valence-electron chi connectivity index (χ1n) is 16.9. The monoisotopic (exact) mass is 625 g/mol. The number of nitrogen functional groups attached to an aromatic ring is 1. The van der Waals surface area contributed by atoms with Gasteiger partial charge in [-0.2, -0.15) is 0 Å². The van der Waals surface area contributed by atoms with Crippen LogP contribution in [-0.2, 0) is 4.79 Å². The van der Waals surface area contributed by atoms with E-state index in [0.717, 1.165) is 76.3 Å². The van der Waals surface area contributed by atoms with Gasteiger partial charge >= 0.3 is 5.97 Å². The van der Waals surface area contributed by atoms with Crippen LogP contribution < -0.4 is 15.5 Å². The molecule has 1 saturated carbocycles. The topological polar surface area (TPSA) is 148 Å². The summed E-state index contributed by atoms with van der Waals surface area (Å²) >= 11 is 0. The molecular formula is C34H43N9O3. The van der Waals surface area contributed by atoms with Crippen LogP contribution in [0.5, 0.6) is 5.75 Å². The van der Waals surface area contributed by atoms with E-state index in [1.165, 1.54) is 18.4 Å². The molecule has 5 fully saturated rings. The molecule has 4 N–H and O–H groups in total. The number of benzene rings is 1. The Hall–Kier alpha value is -4.03. The molecule has 242 valence electrons. The van der Waals surface area contributed by atoms with Crippen LogP contribution in [0.15, 0.2) is 42.7 Å². The number of hydrogen-bond acceptors (Lipinski definition) is 11. The lowest BCUT2D eigenvalue weighted by Gasteiger charge is -2.45. The Morgan fingerprint density at radius 3 is 2.11 bits per heavy atom. The van der Waals surface area contributed by atoms with Crippen LogP contribution in [0.2, 0.25) is 0 Å². The number of piperazine rings is 2. The zero-order valence-electron chi connectivity index (χ0n) is 26.2. The fraction of sp³-hybridized carbons (Fsp3) is 0.559. The maximum absolute atomic E-state index is 11.3. The highest BCUT2D eigenvalue weighted by molar-refractivity contribution is 5.74. The first-order valence-corrected chi connectivity index (χ1v) is 16.9. The molecule has 3 unspecified atom stereocenters. The van der Waals surface area contributed by atoms with Gasteiger partial charge in [0.2, 0.25) is 5.95 Å². The summed E-state index contributed by atoms with van der Waals surface area (Å²) < 4.78 is 0. The van der Waals surface area contributed by atoms with Crippen molar-refractivity contribution in [3.8, 4) is 17.0 Å². The molecule has 46 heavy (non-hydrogen) atoms. The van der Waals surface area contributed by atoms with Crippen LogP contribution in [0.25, 0.3) is 11.3 Å². The standard InChI is InChI=1S/C34H43N9O3/c35-33-30(13-29(38-39-33)28-3-1-2-4-31(28)44)41-18-26-11-12-27(19-41)43(26)34-36-14-22(15-37-34)21-5-7-23(8-6-21)40-16-24-9-10-25(17-40)42(24)20-32(45)46/h1-4,13-15,21,23-27,44H,5-12,16-20H2,(H2,35,39)(H,45,46)/t21?,23?,24?,25?,26-,27?/m0/s1. The number of likely N-dealkylation sites (tertiary alicyclic amines) is 1. The molecule has 1 aliphatic carbocycles. The van der Waals surface area contributed by atoms with Crippen molar-refractivity contribution >= 4 is 23.4 Å². The molecule has 8 rings (SSSR count). The van der Waals surface area contributed by atoms with E-state index in [1.807, 2.05) is 18.2 Å². The van der Waals surface area contributed by atoms with Crippen molar-refractivity contribution < 1.29 is 15.0 Å². The number of para-hydroxylation sites is 1. The maximum Gasteiger partial charge on any atom is 0.317 e. The highest BCUT2D eigenvalue weighted by atomic mass is 16.4. The van der Waals surface area contributed by atoms with Crippen molar-refractivity contribution in [3.63, 3.8) is 0 Å². The SMILES string of the molecule is Nc1nnc(-c2ccccc2O)cc1N1CC2CC[C@@H](C1)N2c1ncc(C2CCC(N3CC4CCC(C3)N4CC(=O)O)CC2)cn1. The van der Waals surface area contributed by atoms with Crippen molar-refractivity contribution in [1.29, 1.82) is 0 Å². The fourth-order valence-corrected chi connectivity index (χ4v) is 9.08. The number of hydrogen-bond donors (Lipinski definition) is 3. The number of fused-ring (bicyclic) bond motifs is 4. The number of carboxylic acids is 1. The number of nitrogens with zero attached hydrogens (tertiary/aromatic N) is 8. The number of carboxylic acid groups (broad SMARTS) is 1. The lowest BCUT2D eigenvalue weighted by Crippen LogP contribution is -2.57. The molecule has 0 radical (unpaired) electrons. The number of anilines is 3. The first kappa shape index (κ1) is 29.4. The van der Waals surface area contributed by atoms with Gasteiger partial charge in [0.25, 0.3) is 0 Å². The molecular weight excluding hydrogens is 582 g/mol. The minimum atomic E-state index is -0.707. The van der Waals surface area contributed by atoms with Gasteiger partial charge in [-0.1, -0.05) is 12.1 Å². The molecule has 4 atom stereocenters. The first-order chi connectivity index (χ1) is 22.4. The molecule has 4 saturated heterocycles. The predicted molar refractivity (Wildman–Crippen MR) is 175 cm³/mol. The van der Waals surface area contributed by atoms with Crippen molar-refractivity contribution in [3.05, 3.63) is 48.3 Å². The third-order valence-corrected chi connectivity index (χ3v) is 11.4. The van der Waals surface area contributed by atoms with Crippen LogP contribution >= 0.6 is 0 Å². The molecule has 12 heteroatoms. The van der Waals surface area contributed by atoms with E-state index < -0.39 is 5.97 Å². The van der Waals surface area contributed by atoms with E-state index in [4.69, 9.17) is 15.7 Å². The van der Waals surface area contributed by atoms with E-state index in [0.29, 0.717) is 41.1 Å². The number of rotatable bonds is 7. The van der Waals surface area contributed by atoms with Crippen molar-refractivity contribution in [2.75, 3.05) is 48.3 Å². The number of phenols is 1. The minimum Gasteiger partial charge on any atom is -0.507 e. The second kappa shape index (κ2) is 12.0. The predicted octanol–water partition coefficient (Wildman–Crippen LogP) is 3.34. The van der Waals surface area contributed by atoms with Crippen LogP contribution in [0.1, 0.15) is 62.8 Å². The van der Waals surface area contributed by atoms with E-state index in [2.05, 4.69) is 42.2 Å². The molecule has 0 spiro atoms. The summed E-state index contributed by atoms with van der Waals surface area (Å²) in [5.74, 6) is 1.17. The van der Waals surface area contributed by atoms with Gasteiger partial charge in [-0.25, -0.2) is 9.97 Å². The highest BCUT2D eigenvalue weighted by Crippen LogP contribution is 2.40. The Bertz CT molecular complexity index is 1550. The third kappa shape index (κ3) is 5.41. The molecule has 2 aromatic heterocycles. The highest BCUT2D eigenvalue weighted by Gasteiger charge is 2.44. The smallest absolute Gasteiger partial charge is 0.317 e. The Morgan fingerprint density at radius 2 is 1.46 bits per heavy atom. The molecule has 5 aliphatic rings. The number of nitrogens with two attached hydrogens (primary N) is 1. The molecule has 6 heterocycles.